The number of aliphatic hydroxyl groups is 6. The Bertz CT molecular complexity index is 2110. The first kappa shape index (κ1) is 34.0. The lowest BCUT2D eigenvalue weighted by Crippen LogP contribution is -2.64. The average molecular weight is 700 g/mol. The van der Waals surface area contributed by atoms with Crippen LogP contribution < -0.4 is 4.74 Å². The maximum Gasteiger partial charge on any atom is 0.343 e. The fourth-order valence-corrected chi connectivity index (χ4v) is 9.16. The number of H-pyrrole nitrogens is 1. The highest BCUT2D eigenvalue weighted by molar-refractivity contribution is 6.14. The van der Waals surface area contributed by atoms with Gasteiger partial charge in [-0.2, -0.15) is 0 Å². The van der Waals surface area contributed by atoms with Crippen LogP contribution in [0.4, 0.5) is 0 Å². The number of aromatic amines is 1. The predicted molar refractivity (Wildman–Crippen MR) is 185 cm³/mol. The molecule has 8 rings (SSSR count). The second-order valence-electron chi connectivity index (χ2n) is 14.3. The number of phenolic OH excluding ortho intramolecular Hbond substituents is 1. The average Bonchev–Trinajstić information content (AvgIpc) is 3.82. The number of rotatable bonds is 8. The Balaban J connectivity index is 1.17. The number of benzene rings is 4. The van der Waals surface area contributed by atoms with E-state index >= 15 is 0 Å². The summed E-state index contributed by atoms with van der Waals surface area (Å²) in [7, 11) is 0. The molecule has 8 N–H and O–H groups in total. The number of aromatic nitrogens is 1. The maximum atomic E-state index is 14.2. The lowest BCUT2D eigenvalue weighted by atomic mass is 9.64. The minimum absolute atomic E-state index is 0.0400. The van der Waals surface area contributed by atoms with E-state index in [4.69, 9.17) is 14.2 Å². The lowest BCUT2D eigenvalue weighted by molar-refractivity contribution is -0.299. The third kappa shape index (κ3) is 5.24. The fraction of sp³-hybridized carbons (Fsp3) is 0.410. The molecule has 3 heterocycles. The minimum Gasteiger partial charge on any atom is -0.508 e. The van der Waals surface area contributed by atoms with E-state index in [0.717, 1.165) is 39.9 Å². The molecular weight excluding hydrogens is 658 g/mol. The molecule has 12 nitrogen and oxygen atoms in total. The number of nitrogens with one attached hydrogen (secondary N) is 1. The first-order valence-electron chi connectivity index (χ1n) is 17.3. The van der Waals surface area contributed by atoms with Crippen molar-refractivity contribution >= 4 is 38.4 Å². The molecule has 0 bridgehead atoms. The Hall–Kier alpha value is -4.11. The van der Waals surface area contributed by atoms with E-state index < -0.39 is 66.5 Å². The highest BCUT2D eigenvalue weighted by Crippen LogP contribution is 2.54. The summed E-state index contributed by atoms with van der Waals surface area (Å²) in [5, 5.41) is 80.0. The second-order valence-corrected chi connectivity index (χ2v) is 14.3. The quantitative estimate of drug-likeness (QED) is 0.0671. The molecule has 51 heavy (non-hydrogen) atoms. The van der Waals surface area contributed by atoms with Gasteiger partial charge in [-0.15, -0.1) is 0 Å². The first-order valence-corrected chi connectivity index (χ1v) is 17.3. The van der Waals surface area contributed by atoms with E-state index in [1.807, 2.05) is 48.5 Å². The Morgan fingerprint density at radius 2 is 1.63 bits per heavy atom. The second kappa shape index (κ2) is 12.5. The number of ether oxygens (including phenoxy) is 3. The Labute approximate surface area is 292 Å². The van der Waals surface area contributed by atoms with Crippen molar-refractivity contribution in [2.75, 3.05) is 6.61 Å². The third-order valence-electron chi connectivity index (χ3n) is 11.7. The Morgan fingerprint density at radius 3 is 2.29 bits per heavy atom. The van der Waals surface area contributed by atoms with Gasteiger partial charge in [0.1, 0.15) is 24.1 Å². The summed E-state index contributed by atoms with van der Waals surface area (Å²) in [5.74, 6) is -4.47. The number of aromatic hydroxyl groups is 1. The van der Waals surface area contributed by atoms with Crippen LogP contribution >= 0.6 is 0 Å². The first-order chi connectivity index (χ1) is 24.5. The lowest BCUT2D eigenvalue weighted by Gasteiger charge is -2.49. The summed E-state index contributed by atoms with van der Waals surface area (Å²) in [6.07, 6.45) is -3.46. The van der Waals surface area contributed by atoms with Gasteiger partial charge in [-0.3, -0.25) is 0 Å². The summed E-state index contributed by atoms with van der Waals surface area (Å²) in [6, 6.07) is 22.2. The molecular formula is C39H41NO11. The van der Waals surface area contributed by atoms with Gasteiger partial charge in [0.05, 0.1) is 29.3 Å². The molecule has 0 spiro atoms. The molecule has 0 radical (unpaired) electrons. The highest BCUT2D eigenvalue weighted by atomic mass is 16.7. The van der Waals surface area contributed by atoms with Crippen molar-refractivity contribution in [1.29, 1.82) is 0 Å². The monoisotopic (exact) mass is 699 g/mol. The minimum atomic E-state index is -2.60. The van der Waals surface area contributed by atoms with Crippen molar-refractivity contribution in [1.82, 2.24) is 4.98 Å². The van der Waals surface area contributed by atoms with Gasteiger partial charge in [-0.25, -0.2) is 4.79 Å². The van der Waals surface area contributed by atoms with Crippen molar-refractivity contribution < 1.29 is 54.8 Å². The number of carbonyl (C=O) groups is 1. The fourth-order valence-electron chi connectivity index (χ4n) is 9.16. The Morgan fingerprint density at radius 1 is 0.922 bits per heavy atom. The number of esters is 1. The third-order valence-corrected chi connectivity index (χ3v) is 11.7. The van der Waals surface area contributed by atoms with Crippen LogP contribution in [0.5, 0.6) is 11.5 Å². The van der Waals surface area contributed by atoms with Crippen LogP contribution in [-0.4, -0.2) is 89.3 Å². The summed E-state index contributed by atoms with van der Waals surface area (Å²) >= 11 is 0. The molecule has 3 aliphatic rings. The normalized spacial score (nSPS) is 28.1. The van der Waals surface area contributed by atoms with Gasteiger partial charge in [0.15, 0.2) is 18.1 Å². The van der Waals surface area contributed by atoms with Crippen LogP contribution in [0.2, 0.25) is 0 Å². The topological polar surface area (TPSA) is 202 Å². The van der Waals surface area contributed by atoms with Gasteiger partial charge in [0, 0.05) is 11.3 Å². The van der Waals surface area contributed by atoms with E-state index in [1.165, 1.54) is 0 Å². The van der Waals surface area contributed by atoms with E-state index in [9.17, 15) is 40.5 Å². The van der Waals surface area contributed by atoms with Crippen LogP contribution in [0.3, 0.4) is 0 Å². The van der Waals surface area contributed by atoms with E-state index in [2.05, 4.69) is 4.98 Å². The van der Waals surface area contributed by atoms with Gasteiger partial charge in [-0.05, 0) is 83.1 Å². The number of hydrogen-bond donors (Lipinski definition) is 8. The molecule has 1 saturated carbocycles. The zero-order valence-electron chi connectivity index (χ0n) is 27.7. The smallest absolute Gasteiger partial charge is 0.343 e. The predicted octanol–water partition coefficient (Wildman–Crippen LogP) is 3.37. The van der Waals surface area contributed by atoms with Gasteiger partial charge < -0.3 is 54.9 Å². The van der Waals surface area contributed by atoms with Crippen LogP contribution in [0.25, 0.3) is 32.4 Å². The molecule has 5 aromatic rings. The molecule has 2 saturated heterocycles. The number of hydrogen-bond acceptors (Lipinski definition) is 11. The van der Waals surface area contributed by atoms with E-state index in [1.54, 1.807) is 24.3 Å². The van der Waals surface area contributed by atoms with Crippen LogP contribution in [0, 0.1) is 5.92 Å². The molecule has 2 aliphatic heterocycles. The molecule has 0 amide bonds. The number of fused-ring (bicyclic) bond motifs is 5. The van der Waals surface area contributed by atoms with Crippen LogP contribution in [-0.2, 0) is 26.3 Å². The molecule has 4 aromatic carbocycles. The molecule has 1 aromatic heterocycles. The van der Waals surface area contributed by atoms with E-state index in [-0.39, 0.29) is 30.0 Å². The zero-order chi connectivity index (χ0) is 35.7. The molecule has 12 heteroatoms. The molecule has 1 aliphatic carbocycles. The number of aliphatic hydroxyl groups excluding tert-OH is 3. The largest absolute Gasteiger partial charge is 0.508 e. The van der Waals surface area contributed by atoms with Gasteiger partial charge in [0.2, 0.25) is 5.79 Å². The molecule has 268 valence electrons. The standard InChI is InChI=1S/C39H41NO11/c41-19-28-32(30-26-18-22-6-2-1-5-21(22)17-23(26)7-12-27(30)40-28)50-36(46)33-34-38(47,39(48,20-42)51-33)16-13-29(49-34)31(35(44)45)37(14-3-4-15-37)24-8-10-25(43)11-9-24/h1-2,5-12,17-18,29,31,33-35,40-45,47-48H,3-4,13-16,19-20H2/t29-,31-,33+,34-,38+,39-/m0/s1. The molecule has 3 fully saturated rings. The van der Waals surface area contributed by atoms with Crippen LogP contribution in [0.1, 0.15) is 49.8 Å². The highest BCUT2D eigenvalue weighted by Gasteiger charge is 2.70. The van der Waals surface area contributed by atoms with Crippen LogP contribution in [0.15, 0.2) is 72.8 Å². The van der Waals surface area contributed by atoms with Crippen molar-refractivity contribution in [2.45, 2.75) is 86.5 Å². The zero-order valence-corrected chi connectivity index (χ0v) is 27.7. The summed E-state index contributed by atoms with van der Waals surface area (Å²) in [6.45, 7) is -1.56. The van der Waals surface area contributed by atoms with Crippen molar-refractivity contribution in [3.05, 3.63) is 84.1 Å². The summed E-state index contributed by atoms with van der Waals surface area (Å²) in [5.41, 5.74) is -1.42. The number of carbonyl (C=O) groups excluding carboxylic acids is 1. The van der Waals surface area contributed by atoms with Gasteiger partial charge >= 0.3 is 5.97 Å². The van der Waals surface area contributed by atoms with Crippen molar-refractivity contribution in [2.24, 2.45) is 5.92 Å². The van der Waals surface area contributed by atoms with Gasteiger partial charge in [-0.1, -0.05) is 55.3 Å². The van der Waals surface area contributed by atoms with E-state index in [0.29, 0.717) is 23.7 Å². The summed E-state index contributed by atoms with van der Waals surface area (Å²) in [4.78, 5) is 17.3. The van der Waals surface area contributed by atoms with Gasteiger partial charge in [0.25, 0.3) is 0 Å². The Kier molecular flexibility index (Phi) is 8.36. The summed E-state index contributed by atoms with van der Waals surface area (Å²) < 4.78 is 18.2. The molecule has 6 atom stereocenters. The molecule has 0 unspecified atom stereocenters. The SMILES string of the molecule is O=C(Oc1c(CO)[nH]c2ccc3cc4ccccc4cc3c12)[C@@H]1O[C@@](O)(CO)[C@@]2(O)CC[C@@H]([C@@H](C(O)O)C3(c4ccc(O)cc4)CCCC3)O[C@@H]12. The number of phenols is 1. The van der Waals surface area contributed by atoms with Crippen molar-refractivity contribution in [3.8, 4) is 11.5 Å². The maximum absolute atomic E-state index is 14.2. The van der Waals surface area contributed by atoms with Crippen molar-refractivity contribution in [3.63, 3.8) is 0 Å².